The molecule has 1 fully saturated rings. The first kappa shape index (κ1) is 15.7. The third-order valence-corrected chi connectivity index (χ3v) is 4.68. The Morgan fingerprint density at radius 1 is 1.20 bits per heavy atom. The van der Waals surface area contributed by atoms with Gasteiger partial charge in [-0.15, -0.1) is 0 Å². The summed E-state index contributed by atoms with van der Waals surface area (Å²) >= 11 is 0. The number of alkyl halides is 1. The lowest BCUT2D eigenvalue weighted by Crippen LogP contribution is -2.45. The average molecular weight is 339 g/mol. The number of nitrogens with zero attached hydrogens (tertiary/aromatic N) is 4. The summed E-state index contributed by atoms with van der Waals surface area (Å²) in [5, 5.41) is 7.60. The maximum Gasteiger partial charge on any atom is 0.270 e. The second kappa shape index (κ2) is 6.23. The number of rotatable bonds is 3. The monoisotopic (exact) mass is 339 g/mol. The van der Waals surface area contributed by atoms with Gasteiger partial charge in [0, 0.05) is 11.6 Å². The normalized spacial score (nSPS) is 16.7. The smallest absolute Gasteiger partial charge is 0.270 e. The van der Waals surface area contributed by atoms with E-state index in [1.807, 2.05) is 0 Å². The van der Waals surface area contributed by atoms with Crippen LogP contribution in [0.4, 0.5) is 15.9 Å². The Morgan fingerprint density at radius 3 is 2.80 bits per heavy atom. The Labute approximate surface area is 144 Å². The fraction of sp³-hybridized carbons (Fsp3) is 0.333. The van der Waals surface area contributed by atoms with Crippen molar-refractivity contribution in [1.82, 2.24) is 20.2 Å². The van der Waals surface area contributed by atoms with Gasteiger partial charge in [0.25, 0.3) is 5.91 Å². The number of nitrogens with one attached hydrogen (secondary N) is 1. The second-order valence-corrected chi connectivity index (χ2v) is 6.38. The predicted molar refractivity (Wildman–Crippen MR) is 92.2 cm³/mol. The Hall–Kier alpha value is -2.83. The lowest BCUT2D eigenvalue weighted by molar-refractivity contribution is -0.131. The van der Waals surface area contributed by atoms with Crippen LogP contribution in [0.25, 0.3) is 10.9 Å². The molecule has 6 nitrogen and oxygen atoms in total. The van der Waals surface area contributed by atoms with Crippen LogP contribution in [0.5, 0.6) is 0 Å². The number of aromatic nitrogens is 4. The van der Waals surface area contributed by atoms with Crippen molar-refractivity contribution in [3.05, 3.63) is 43.0 Å². The SMILES string of the molecule is O=C(N(c1cccnc1)c1cc2cn[nH]c2cn1)C1(F)CCCCC1. The van der Waals surface area contributed by atoms with Gasteiger partial charge >= 0.3 is 0 Å². The van der Waals surface area contributed by atoms with Crippen LogP contribution in [0.15, 0.2) is 43.0 Å². The summed E-state index contributed by atoms with van der Waals surface area (Å²) in [5.41, 5.74) is -0.596. The van der Waals surface area contributed by atoms with Crippen molar-refractivity contribution in [2.75, 3.05) is 4.90 Å². The van der Waals surface area contributed by atoms with Crippen LogP contribution in [0.3, 0.4) is 0 Å². The highest BCUT2D eigenvalue weighted by Gasteiger charge is 2.43. The second-order valence-electron chi connectivity index (χ2n) is 6.38. The van der Waals surface area contributed by atoms with Crippen LogP contribution in [0.1, 0.15) is 32.1 Å². The molecular formula is C18H18FN5O. The minimum absolute atomic E-state index is 0.247. The minimum Gasteiger partial charge on any atom is -0.276 e. The zero-order chi connectivity index (χ0) is 17.3. The van der Waals surface area contributed by atoms with Gasteiger partial charge in [-0.05, 0) is 43.9 Å². The molecule has 3 aromatic heterocycles. The van der Waals surface area contributed by atoms with Gasteiger partial charge in [0.2, 0.25) is 0 Å². The molecule has 0 aliphatic heterocycles. The molecule has 0 aromatic carbocycles. The van der Waals surface area contributed by atoms with Gasteiger partial charge < -0.3 is 0 Å². The molecule has 128 valence electrons. The summed E-state index contributed by atoms with van der Waals surface area (Å²) in [5.74, 6) is -0.204. The number of carbonyl (C=O) groups is 1. The van der Waals surface area contributed by atoms with Crippen LogP contribution in [0, 0.1) is 0 Å². The van der Waals surface area contributed by atoms with E-state index in [1.54, 1.807) is 43.0 Å². The number of carbonyl (C=O) groups excluding carboxylic acids is 1. The van der Waals surface area contributed by atoms with Crippen molar-refractivity contribution < 1.29 is 9.18 Å². The van der Waals surface area contributed by atoms with Gasteiger partial charge in [0.1, 0.15) is 5.82 Å². The summed E-state index contributed by atoms with van der Waals surface area (Å²) in [6.45, 7) is 0. The number of hydrogen-bond acceptors (Lipinski definition) is 4. The molecule has 25 heavy (non-hydrogen) atoms. The van der Waals surface area contributed by atoms with Gasteiger partial charge in [-0.25, -0.2) is 9.37 Å². The molecule has 0 atom stereocenters. The molecule has 7 heteroatoms. The molecular weight excluding hydrogens is 321 g/mol. The molecule has 0 spiro atoms. The van der Waals surface area contributed by atoms with E-state index in [2.05, 4.69) is 20.2 Å². The first-order chi connectivity index (χ1) is 12.2. The largest absolute Gasteiger partial charge is 0.276 e. The average Bonchev–Trinajstić information content (AvgIpc) is 3.11. The molecule has 1 N–H and O–H groups in total. The summed E-state index contributed by atoms with van der Waals surface area (Å²) in [6, 6.07) is 5.19. The van der Waals surface area contributed by atoms with E-state index in [0.29, 0.717) is 11.5 Å². The number of halogens is 1. The van der Waals surface area contributed by atoms with E-state index in [9.17, 15) is 4.79 Å². The van der Waals surface area contributed by atoms with Gasteiger partial charge in [-0.1, -0.05) is 6.42 Å². The first-order valence-electron chi connectivity index (χ1n) is 8.40. The summed E-state index contributed by atoms with van der Waals surface area (Å²) in [4.78, 5) is 22.9. The zero-order valence-electron chi connectivity index (χ0n) is 13.7. The molecule has 1 aliphatic rings. The highest BCUT2D eigenvalue weighted by atomic mass is 19.1. The lowest BCUT2D eigenvalue weighted by Gasteiger charge is -2.33. The lowest BCUT2D eigenvalue weighted by atomic mass is 9.85. The number of fused-ring (bicyclic) bond motifs is 1. The van der Waals surface area contributed by atoms with Crippen molar-refractivity contribution in [3.8, 4) is 0 Å². The Kier molecular flexibility index (Phi) is 3.91. The third-order valence-electron chi connectivity index (χ3n) is 4.68. The quantitative estimate of drug-likeness (QED) is 0.790. The standard InChI is InChI=1S/C18H18FN5O/c19-18(6-2-1-3-7-18)17(25)24(14-5-4-8-20-11-14)16-9-13-10-22-23-15(13)12-21-16/h4-5,8-12H,1-3,6-7H2,(H,22,23). The Morgan fingerprint density at radius 2 is 2.04 bits per heavy atom. The van der Waals surface area contributed by atoms with Gasteiger partial charge in [-0.3, -0.25) is 19.8 Å². The fourth-order valence-electron chi connectivity index (χ4n) is 3.32. The Balaban J connectivity index is 1.80. The summed E-state index contributed by atoms with van der Waals surface area (Å²) < 4.78 is 15.4. The Bertz CT molecular complexity index is 889. The zero-order valence-corrected chi connectivity index (χ0v) is 13.7. The van der Waals surface area contributed by atoms with Crippen molar-refractivity contribution >= 4 is 28.3 Å². The van der Waals surface area contributed by atoms with Crippen molar-refractivity contribution in [1.29, 1.82) is 0 Å². The van der Waals surface area contributed by atoms with Crippen molar-refractivity contribution in [2.24, 2.45) is 0 Å². The molecule has 1 amide bonds. The molecule has 0 bridgehead atoms. The van der Waals surface area contributed by atoms with Crippen LogP contribution in [-0.2, 0) is 4.79 Å². The maximum absolute atomic E-state index is 15.4. The number of H-pyrrole nitrogens is 1. The maximum atomic E-state index is 15.4. The van der Waals surface area contributed by atoms with E-state index in [4.69, 9.17) is 0 Å². The number of amides is 1. The number of aromatic amines is 1. The van der Waals surface area contributed by atoms with Crippen LogP contribution >= 0.6 is 0 Å². The number of hydrogen-bond donors (Lipinski definition) is 1. The van der Waals surface area contributed by atoms with E-state index in [-0.39, 0.29) is 12.8 Å². The molecule has 0 unspecified atom stereocenters. The predicted octanol–water partition coefficient (Wildman–Crippen LogP) is 3.69. The molecule has 1 aliphatic carbocycles. The van der Waals surface area contributed by atoms with Crippen LogP contribution < -0.4 is 4.90 Å². The van der Waals surface area contributed by atoms with Crippen molar-refractivity contribution in [2.45, 2.75) is 37.8 Å². The van der Waals surface area contributed by atoms with Gasteiger partial charge in [-0.2, -0.15) is 5.10 Å². The molecule has 3 aromatic rings. The summed E-state index contributed by atoms with van der Waals surface area (Å²) in [6.07, 6.45) is 9.31. The van der Waals surface area contributed by atoms with E-state index < -0.39 is 11.6 Å². The molecule has 4 rings (SSSR count). The first-order valence-corrected chi connectivity index (χ1v) is 8.40. The third kappa shape index (κ3) is 2.86. The van der Waals surface area contributed by atoms with E-state index in [1.165, 1.54) is 4.90 Å². The number of pyridine rings is 2. The van der Waals surface area contributed by atoms with E-state index in [0.717, 1.165) is 30.2 Å². The van der Waals surface area contributed by atoms with E-state index >= 15 is 4.39 Å². The van der Waals surface area contributed by atoms with Gasteiger partial charge in [0.15, 0.2) is 5.67 Å². The molecule has 0 saturated heterocycles. The number of anilines is 2. The van der Waals surface area contributed by atoms with Crippen molar-refractivity contribution in [3.63, 3.8) is 0 Å². The highest BCUT2D eigenvalue weighted by molar-refractivity contribution is 6.05. The van der Waals surface area contributed by atoms with Crippen LogP contribution in [-0.4, -0.2) is 31.7 Å². The molecule has 1 saturated carbocycles. The van der Waals surface area contributed by atoms with Gasteiger partial charge in [0.05, 0.1) is 29.8 Å². The highest BCUT2D eigenvalue weighted by Crippen LogP contribution is 2.37. The summed E-state index contributed by atoms with van der Waals surface area (Å²) in [7, 11) is 0. The molecule has 0 radical (unpaired) electrons. The molecule has 3 heterocycles. The fourth-order valence-corrected chi connectivity index (χ4v) is 3.32. The minimum atomic E-state index is -1.86. The topological polar surface area (TPSA) is 74.8 Å². The van der Waals surface area contributed by atoms with Crippen LogP contribution in [0.2, 0.25) is 0 Å².